The molecule has 1 nitrogen and oxygen atoms in total. The molecule has 1 heterocycles. The second-order valence-electron chi connectivity index (χ2n) is 10.2. The Labute approximate surface area is 181 Å². The van der Waals surface area contributed by atoms with E-state index in [1.54, 1.807) is 11.1 Å². The molecule has 1 aliphatic heterocycles. The molecule has 2 heteroatoms. The van der Waals surface area contributed by atoms with Crippen LogP contribution in [0.3, 0.4) is 0 Å². The van der Waals surface area contributed by atoms with Crippen LogP contribution in [0.1, 0.15) is 43.2 Å². The van der Waals surface area contributed by atoms with E-state index in [1.165, 1.54) is 53.0 Å². The van der Waals surface area contributed by atoms with Crippen LogP contribution in [0, 0.1) is 23.7 Å². The van der Waals surface area contributed by atoms with Crippen molar-refractivity contribution in [3.05, 3.63) is 71.8 Å². The van der Waals surface area contributed by atoms with Crippen LogP contribution in [-0.4, -0.2) is 0 Å². The van der Waals surface area contributed by atoms with E-state index in [0.717, 1.165) is 35.2 Å². The van der Waals surface area contributed by atoms with Gasteiger partial charge in [0.15, 0.2) is 0 Å². The fourth-order valence-corrected chi connectivity index (χ4v) is 9.38. The highest BCUT2D eigenvalue weighted by Crippen LogP contribution is 2.71. The third kappa shape index (κ3) is 1.84. The molecule has 4 saturated carbocycles. The monoisotopic (exact) mass is 408 g/mol. The van der Waals surface area contributed by atoms with E-state index >= 15 is 0 Å². The summed E-state index contributed by atoms with van der Waals surface area (Å²) in [7, 11) is 0. The van der Waals surface area contributed by atoms with Crippen LogP contribution < -0.4 is 4.74 Å². The average molecular weight is 409 g/mol. The Kier molecular flexibility index (Phi) is 3.04. The second kappa shape index (κ2) is 5.53. The van der Waals surface area contributed by atoms with Gasteiger partial charge in [-0.1, -0.05) is 54.2 Å². The summed E-state index contributed by atoms with van der Waals surface area (Å²) < 4.78 is 6.47. The summed E-state index contributed by atoms with van der Waals surface area (Å²) in [5.74, 6) is 5.60. The van der Waals surface area contributed by atoms with Crippen LogP contribution in [0.25, 0.3) is 11.1 Å². The van der Waals surface area contributed by atoms with Gasteiger partial charge < -0.3 is 4.74 Å². The van der Waals surface area contributed by atoms with Crippen LogP contribution in [0.4, 0.5) is 0 Å². The number of rotatable bonds is 0. The van der Waals surface area contributed by atoms with Gasteiger partial charge in [0.1, 0.15) is 11.5 Å². The van der Waals surface area contributed by atoms with Crippen LogP contribution in [-0.2, 0) is 5.41 Å². The molecular weight excluding hydrogens is 384 g/mol. The van der Waals surface area contributed by atoms with Crippen LogP contribution >= 0.6 is 11.8 Å². The highest BCUT2D eigenvalue weighted by Gasteiger charge is 2.62. The van der Waals surface area contributed by atoms with E-state index in [9.17, 15) is 0 Å². The zero-order valence-electron chi connectivity index (χ0n) is 16.9. The molecule has 3 aromatic carbocycles. The van der Waals surface area contributed by atoms with Gasteiger partial charge in [0.25, 0.3) is 0 Å². The molecule has 30 heavy (non-hydrogen) atoms. The van der Waals surface area contributed by atoms with Gasteiger partial charge in [-0.2, -0.15) is 0 Å². The zero-order valence-corrected chi connectivity index (χ0v) is 17.8. The number of hydrogen-bond acceptors (Lipinski definition) is 2. The highest BCUT2D eigenvalue weighted by atomic mass is 32.2. The first-order valence-corrected chi connectivity index (χ1v) is 12.4. The van der Waals surface area contributed by atoms with Crippen molar-refractivity contribution in [3.63, 3.8) is 0 Å². The first-order chi connectivity index (χ1) is 14.8. The number of para-hydroxylation sites is 1. The fraction of sp³-hybridized carbons (Fsp3) is 0.357. The predicted molar refractivity (Wildman–Crippen MR) is 120 cm³/mol. The lowest BCUT2D eigenvalue weighted by Crippen LogP contribution is -2.55. The van der Waals surface area contributed by atoms with Crippen LogP contribution in [0.15, 0.2) is 70.5 Å². The average Bonchev–Trinajstić information content (AvgIpc) is 3.07. The molecule has 0 atom stereocenters. The van der Waals surface area contributed by atoms with Crippen molar-refractivity contribution in [1.29, 1.82) is 0 Å². The molecular formula is C28H24OS. The standard InChI is InChI=1S/C28H24OS/c1-2-6-22-20(5-1)21-9-10-24-27(30-25-8-4-3-7-23(25)29-24)26(21)28(22)18-12-16-11-17(14-18)15-19(28)13-16/h1-10,16-19H,11-15H2. The van der Waals surface area contributed by atoms with E-state index in [1.807, 2.05) is 11.8 Å². The van der Waals surface area contributed by atoms with E-state index < -0.39 is 0 Å². The smallest absolute Gasteiger partial charge is 0.141 e. The van der Waals surface area contributed by atoms with E-state index in [4.69, 9.17) is 4.74 Å². The number of fused-ring (bicyclic) bond motifs is 6. The molecule has 4 bridgehead atoms. The maximum Gasteiger partial charge on any atom is 0.141 e. The Morgan fingerprint density at radius 2 is 1.43 bits per heavy atom. The lowest BCUT2D eigenvalue weighted by molar-refractivity contribution is -0.0410. The van der Waals surface area contributed by atoms with Crippen molar-refractivity contribution in [2.45, 2.75) is 47.3 Å². The SMILES string of the molecule is c1ccc2c(c1)Oc1ccc3c(c1S2)C1(c2ccccc2-3)C2CC3CC(C2)CC1C3. The molecule has 5 aliphatic carbocycles. The Bertz CT molecular complexity index is 1200. The normalized spacial score (nSPS) is 33.6. The maximum absolute atomic E-state index is 6.47. The minimum atomic E-state index is 0.202. The molecule has 0 amide bonds. The van der Waals surface area contributed by atoms with Crippen molar-refractivity contribution in [1.82, 2.24) is 0 Å². The lowest BCUT2D eigenvalue weighted by Gasteiger charge is -2.61. The molecule has 3 aromatic rings. The Morgan fingerprint density at radius 3 is 2.27 bits per heavy atom. The number of ether oxygens (including phenoxy) is 1. The van der Waals surface area contributed by atoms with Crippen molar-refractivity contribution >= 4 is 11.8 Å². The minimum absolute atomic E-state index is 0.202. The molecule has 1 spiro atoms. The Morgan fingerprint density at radius 1 is 0.700 bits per heavy atom. The van der Waals surface area contributed by atoms with Gasteiger partial charge >= 0.3 is 0 Å². The summed E-state index contributed by atoms with van der Waals surface area (Å²) in [6.45, 7) is 0. The van der Waals surface area contributed by atoms with E-state index in [0.29, 0.717) is 0 Å². The quantitative estimate of drug-likeness (QED) is 0.295. The summed E-state index contributed by atoms with van der Waals surface area (Å²) in [6.07, 6.45) is 7.19. The Hall–Kier alpha value is -2.19. The molecule has 0 radical (unpaired) electrons. The lowest BCUT2D eigenvalue weighted by atomic mass is 9.43. The van der Waals surface area contributed by atoms with Crippen molar-refractivity contribution in [3.8, 4) is 22.6 Å². The molecule has 9 rings (SSSR count). The predicted octanol–water partition coefficient (Wildman–Crippen LogP) is 7.67. The van der Waals surface area contributed by atoms with Crippen LogP contribution in [0.5, 0.6) is 11.5 Å². The minimum Gasteiger partial charge on any atom is -0.455 e. The Balaban J connectivity index is 1.43. The first kappa shape index (κ1) is 16.5. The third-order valence-electron chi connectivity index (χ3n) is 8.91. The molecule has 4 fully saturated rings. The molecule has 0 N–H and O–H groups in total. The second-order valence-corrected chi connectivity index (χ2v) is 11.2. The summed E-state index contributed by atoms with van der Waals surface area (Å²) in [4.78, 5) is 2.66. The van der Waals surface area contributed by atoms with Gasteiger partial charge in [0.2, 0.25) is 0 Å². The van der Waals surface area contributed by atoms with Crippen LogP contribution in [0.2, 0.25) is 0 Å². The van der Waals surface area contributed by atoms with Gasteiger partial charge in [0.05, 0.1) is 9.79 Å². The summed E-state index contributed by atoms with van der Waals surface area (Å²) in [5, 5.41) is 0. The molecule has 0 saturated heterocycles. The third-order valence-corrected chi connectivity index (χ3v) is 10.1. The molecule has 6 aliphatic rings. The summed E-state index contributed by atoms with van der Waals surface area (Å²) in [6, 6.07) is 22.5. The number of benzene rings is 3. The largest absolute Gasteiger partial charge is 0.455 e. The summed E-state index contributed by atoms with van der Waals surface area (Å²) in [5.41, 5.74) is 6.42. The molecule has 0 aromatic heterocycles. The maximum atomic E-state index is 6.47. The van der Waals surface area contributed by atoms with Gasteiger partial charge in [-0.3, -0.25) is 0 Å². The topological polar surface area (TPSA) is 9.23 Å². The van der Waals surface area contributed by atoms with Crippen molar-refractivity contribution in [2.24, 2.45) is 23.7 Å². The molecule has 0 unspecified atom stereocenters. The number of hydrogen-bond donors (Lipinski definition) is 0. The molecule has 148 valence electrons. The van der Waals surface area contributed by atoms with E-state index in [2.05, 4.69) is 60.7 Å². The van der Waals surface area contributed by atoms with Gasteiger partial charge in [0, 0.05) is 5.41 Å². The first-order valence-electron chi connectivity index (χ1n) is 11.5. The van der Waals surface area contributed by atoms with Gasteiger partial charge in [-0.25, -0.2) is 0 Å². The summed E-state index contributed by atoms with van der Waals surface area (Å²) >= 11 is 1.95. The van der Waals surface area contributed by atoms with Crippen molar-refractivity contribution < 1.29 is 4.74 Å². The van der Waals surface area contributed by atoms with Crippen molar-refractivity contribution in [2.75, 3.05) is 0 Å². The van der Waals surface area contributed by atoms with Gasteiger partial charge in [-0.15, -0.1) is 0 Å². The highest BCUT2D eigenvalue weighted by molar-refractivity contribution is 7.99. The van der Waals surface area contributed by atoms with E-state index in [-0.39, 0.29) is 5.41 Å². The fourth-order valence-electron chi connectivity index (χ4n) is 8.22. The zero-order chi connectivity index (χ0) is 19.4. The van der Waals surface area contributed by atoms with Gasteiger partial charge in [-0.05, 0) is 96.2 Å².